The van der Waals surface area contributed by atoms with Gasteiger partial charge in [-0.1, -0.05) is 23.2 Å². The second-order valence-corrected chi connectivity index (χ2v) is 3.69. The van der Waals surface area contributed by atoms with E-state index in [1.807, 2.05) is 0 Å². The van der Waals surface area contributed by atoms with E-state index in [0.29, 0.717) is 0 Å². The number of pyridine rings is 1. The summed E-state index contributed by atoms with van der Waals surface area (Å²) in [5, 5.41) is 9.01. The van der Waals surface area contributed by atoms with E-state index in [1.54, 1.807) is 0 Å². The maximum Gasteiger partial charge on any atom is 0.414 e. The first-order chi connectivity index (χ1) is 6.80. The van der Waals surface area contributed by atoms with Crippen LogP contribution in [0.4, 0.5) is 13.2 Å². The van der Waals surface area contributed by atoms with Crippen LogP contribution in [0.5, 0.6) is 0 Å². The average molecular weight is 260 g/mol. The standard InChI is InChI=1S/C8H6Cl2F3NO/c9-4-1-5(10)6(14-3-4)2-7(15)8(11,12)13/h1,3,7,15H,2H2. The van der Waals surface area contributed by atoms with Crippen molar-refractivity contribution in [3.8, 4) is 0 Å². The van der Waals surface area contributed by atoms with Crippen LogP contribution in [0.3, 0.4) is 0 Å². The lowest BCUT2D eigenvalue weighted by Crippen LogP contribution is -2.30. The molecule has 0 aromatic carbocycles. The molecule has 2 nitrogen and oxygen atoms in total. The summed E-state index contributed by atoms with van der Waals surface area (Å²) in [5.41, 5.74) is -0.0362. The van der Waals surface area contributed by atoms with Gasteiger partial charge < -0.3 is 5.11 Å². The van der Waals surface area contributed by atoms with Crippen molar-refractivity contribution in [1.29, 1.82) is 0 Å². The molecular weight excluding hydrogens is 254 g/mol. The number of hydrogen-bond acceptors (Lipinski definition) is 2. The maximum absolute atomic E-state index is 12.0. The molecule has 0 aliphatic carbocycles. The molecule has 0 spiro atoms. The number of aliphatic hydroxyl groups excluding tert-OH is 1. The molecule has 1 rings (SSSR count). The van der Waals surface area contributed by atoms with E-state index in [-0.39, 0.29) is 15.7 Å². The van der Waals surface area contributed by atoms with Crippen molar-refractivity contribution in [2.75, 3.05) is 0 Å². The molecule has 7 heteroatoms. The lowest BCUT2D eigenvalue weighted by Gasteiger charge is -2.14. The van der Waals surface area contributed by atoms with Crippen LogP contribution in [0.25, 0.3) is 0 Å². The van der Waals surface area contributed by atoms with Crippen LogP contribution in [0.2, 0.25) is 10.0 Å². The molecule has 0 radical (unpaired) electrons. The quantitative estimate of drug-likeness (QED) is 0.886. The van der Waals surface area contributed by atoms with Crippen LogP contribution in [0.1, 0.15) is 5.69 Å². The summed E-state index contributed by atoms with van der Waals surface area (Å²) in [6, 6.07) is 1.27. The molecule has 1 unspecified atom stereocenters. The number of halogens is 5. The van der Waals surface area contributed by atoms with Gasteiger partial charge in [0.05, 0.1) is 15.7 Å². The van der Waals surface area contributed by atoms with Crippen LogP contribution in [-0.2, 0) is 6.42 Å². The Kier molecular flexibility index (Phi) is 3.81. The third-order valence-electron chi connectivity index (χ3n) is 1.65. The number of alkyl halides is 3. The molecule has 0 aliphatic heterocycles. The normalized spacial score (nSPS) is 14.0. The monoisotopic (exact) mass is 259 g/mol. The van der Waals surface area contributed by atoms with E-state index in [1.165, 1.54) is 12.3 Å². The molecule has 84 valence electrons. The van der Waals surface area contributed by atoms with Gasteiger partial charge in [0.25, 0.3) is 0 Å². The lowest BCUT2D eigenvalue weighted by atomic mass is 10.2. The summed E-state index contributed by atoms with van der Waals surface area (Å²) in [4.78, 5) is 3.61. The van der Waals surface area contributed by atoms with Gasteiger partial charge in [0.1, 0.15) is 0 Å². The molecule has 15 heavy (non-hydrogen) atoms. The van der Waals surface area contributed by atoms with E-state index in [9.17, 15) is 13.2 Å². The smallest absolute Gasteiger partial charge is 0.383 e. The Morgan fingerprint density at radius 1 is 1.40 bits per heavy atom. The van der Waals surface area contributed by atoms with Crippen molar-refractivity contribution in [3.63, 3.8) is 0 Å². The first kappa shape index (κ1) is 12.5. The Hall–Kier alpha value is -0.520. The first-order valence-corrected chi connectivity index (χ1v) is 4.61. The van der Waals surface area contributed by atoms with E-state index >= 15 is 0 Å². The molecule has 0 saturated carbocycles. The number of aromatic nitrogens is 1. The topological polar surface area (TPSA) is 33.1 Å². The minimum atomic E-state index is -4.68. The van der Waals surface area contributed by atoms with Gasteiger partial charge in [-0.05, 0) is 6.07 Å². The summed E-state index contributed by atoms with van der Waals surface area (Å²) in [5.74, 6) is 0. The third-order valence-corrected chi connectivity index (χ3v) is 2.18. The van der Waals surface area contributed by atoms with Crippen molar-refractivity contribution < 1.29 is 18.3 Å². The van der Waals surface area contributed by atoms with Crippen LogP contribution in [0.15, 0.2) is 12.3 Å². The Labute approximate surface area is 93.6 Å². The molecule has 1 aromatic heterocycles. The Balaban J connectivity index is 2.82. The molecule has 0 amide bonds. The minimum Gasteiger partial charge on any atom is -0.383 e. The predicted octanol–water partition coefficient (Wildman–Crippen LogP) is 2.85. The summed E-state index contributed by atoms with van der Waals surface area (Å²) >= 11 is 11.1. The molecule has 0 bridgehead atoms. The molecule has 0 saturated heterocycles. The molecule has 1 heterocycles. The fourth-order valence-corrected chi connectivity index (χ4v) is 1.35. The van der Waals surface area contributed by atoms with Gasteiger partial charge >= 0.3 is 6.18 Å². The lowest BCUT2D eigenvalue weighted by molar-refractivity contribution is -0.203. The highest BCUT2D eigenvalue weighted by atomic mass is 35.5. The zero-order valence-electron chi connectivity index (χ0n) is 7.22. The van der Waals surface area contributed by atoms with Gasteiger partial charge in [-0.2, -0.15) is 13.2 Å². The molecule has 1 N–H and O–H groups in total. The summed E-state index contributed by atoms with van der Waals surface area (Å²) in [6.07, 6.45) is -6.65. The number of rotatable bonds is 2. The van der Waals surface area contributed by atoms with Crippen LogP contribution in [0, 0.1) is 0 Å². The first-order valence-electron chi connectivity index (χ1n) is 3.85. The van der Waals surface area contributed by atoms with E-state index in [0.717, 1.165) is 0 Å². The van der Waals surface area contributed by atoms with Crippen molar-refractivity contribution in [2.24, 2.45) is 0 Å². The van der Waals surface area contributed by atoms with Crippen LogP contribution < -0.4 is 0 Å². The molecule has 1 aromatic rings. The predicted molar refractivity (Wildman–Crippen MR) is 50.0 cm³/mol. The Morgan fingerprint density at radius 3 is 2.47 bits per heavy atom. The van der Waals surface area contributed by atoms with Gasteiger partial charge in [-0.15, -0.1) is 0 Å². The van der Waals surface area contributed by atoms with Crippen molar-refractivity contribution in [2.45, 2.75) is 18.7 Å². The van der Waals surface area contributed by atoms with E-state index < -0.39 is 18.7 Å². The largest absolute Gasteiger partial charge is 0.414 e. The van der Waals surface area contributed by atoms with E-state index in [2.05, 4.69) is 4.98 Å². The Bertz CT molecular complexity index is 356. The minimum absolute atomic E-state index is 0.00537. The summed E-state index contributed by atoms with van der Waals surface area (Å²) in [7, 11) is 0. The second-order valence-electron chi connectivity index (χ2n) is 2.84. The average Bonchev–Trinajstić information content (AvgIpc) is 2.08. The fraction of sp³-hybridized carbons (Fsp3) is 0.375. The van der Waals surface area contributed by atoms with Crippen LogP contribution >= 0.6 is 23.2 Å². The Morgan fingerprint density at radius 2 is 2.00 bits per heavy atom. The van der Waals surface area contributed by atoms with Gasteiger partial charge in [0.2, 0.25) is 0 Å². The number of aliphatic hydroxyl groups is 1. The fourth-order valence-electron chi connectivity index (χ4n) is 0.892. The molecule has 1 atom stereocenters. The van der Waals surface area contributed by atoms with Gasteiger partial charge in [-0.3, -0.25) is 4.98 Å². The molecule has 0 fully saturated rings. The summed E-state index contributed by atoms with van der Waals surface area (Å²) in [6.45, 7) is 0. The van der Waals surface area contributed by atoms with Gasteiger partial charge in [-0.25, -0.2) is 0 Å². The second kappa shape index (κ2) is 4.55. The zero-order chi connectivity index (χ0) is 11.6. The van der Waals surface area contributed by atoms with Crippen molar-refractivity contribution in [1.82, 2.24) is 4.98 Å². The third kappa shape index (κ3) is 3.52. The van der Waals surface area contributed by atoms with Gasteiger partial charge in [0, 0.05) is 12.6 Å². The summed E-state index contributed by atoms with van der Waals surface area (Å²) < 4.78 is 36.0. The highest BCUT2D eigenvalue weighted by Gasteiger charge is 2.38. The highest BCUT2D eigenvalue weighted by Crippen LogP contribution is 2.25. The SMILES string of the molecule is OC(Cc1ncc(Cl)cc1Cl)C(F)(F)F. The zero-order valence-corrected chi connectivity index (χ0v) is 8.74. The van der Waals surface area contributed by atoms with Crippen LogP contribution in [-0.4, -0.2) is 22.4 Å². The number of hydrogen-bond donors (Lipinski definition) is 1. The van der Waals surface area contributed by atoms with Crippen molar-refractivity contribution >= 4 is 23.2 Å². The molecule has 0 aliphatic rings. The maximum atomic E-state index is 12.0. The highest BCUT2D eigenvalue weighted by molar-refractivity contribution is 6.34. The molecular formula is C8H6Cl2F3NO. The van der Waals surface area contributed by atoms with Gasteiger partial charge in [0.15, 0.2) is 6.10 Å². The van der Waals surface area contributed by atoms with E-state index in [4.69, 9.17) is 28.3 Å². The van der Waals surface area contributed by atoms with Crippen molar-refractivity contribution in [3.05, 3.63) is 28.0 Å². The number of nitrogens with zero attached hydrogens (tertiary/aromatic N) is 1.